The molecule has 4 nitrogen and oxygen atoms in total. The third kappa shape index (κ3) is 16.9. The van der Waals surface area contributed by atoms with Crippen LogP contribution < -0.4 is 16.4 Å². The van der Waals surface area contributed by atoms with Crippen LogP contribution >= 0.6 is 12.6 Å². The third-order valence-corrected chi connectivity index (χ3v) is 6.00. The number of thiol groups is 1. The van der Waals surface area contributed by atoms with Crippen LogP contribution in [-0.4, -0.2) is 19.8 Å². The van der Waals surface area contributed by atoms with Crippen LogP contribution in [0.5, 0.6) is 0 Å². The van der Waals surface area contributed by atoms with Crippen molar-refractivity contribution in [3.63, 3.8) is 0 Å². The van der Waals surface area contributed by atoms with Crippen LogP contribution in [0.25, 0.3) is 5.70 Å². The molecule has 2 aromatic rings. The number of nitrogens with two attached hydrogens (primary N) is 1. The van der Waals surface area contributed by atoms with Crippen molar-refractivity contribution in [1.29, 1.82) is 0 Å². The first-order valence-electron chi connectivity index (χ1n) is 13.5. The number of rotatable bonds is 7. The number of hydrogen-bond donors (Lipinski definition) is 4. The van der Waals surface area contributed by atoms with E-state index in [9.17, 15) is 4.39 Å². The van der Waals surface area contributed by atoms with Crippen LogP contribution in [-0.2, 0) is 6.54 Å². The number of allylic oxidation sites excluding steroid dienone is 2. The lowest BCUT2D eigenvalue weighted by atomic mass is 9.91. The first-order chi connectivity index (χ1) is 19.6. The van der Waals surface area contributed by atoms with Crippen LogP contribution in [0.1, 0.15) is 68.2 Å². The van der Waals surface area contributed by atoms with Crippen molar-refractivity contribution in [2.45, 2.75) is 64.3 Å². The van der Waals surface area contributed by atoms with Gasteiger partial charge in [0.2, 0.25) is 0 Å². The number of halogens is 1. The molecule has 6 heteroatoms. The highest BCUT2D eigenvalue weighted by Crippen LogP contribution is 2.22. The smallest absolute Gasteiger partial charge is 0.133 e. The highest BCUT2D eigenvalue weighted by atomic mass is 32.1. The SMILES string of the molecule is C#C.C#C.C=C(N)C(=N/C=C\C)c1ccc(C(=C)NCc2cc(C)cc(S)c2)c(F)c1.CC1CCCCC1.CNC. The Kier molecular flexibility index (Phi) is 23.2. The van der Waals surface area contributed by atoms with Crippen molar-refractivity contribution in [3.05, 3.63) is 95.6 Å². The second kappa shape index (κ2) is 24.1. The maximum absolute atomic E-state index is 14.6. The van der Waals surface area contributed by atoms with Gasteiger partial charge >= 0.3 is 0 Å². The van der Waals surface area contributed by atoms with Gasteiger partial charge in [0.15, 0.2) is 0 Å². The Labute approximate surface area is 254 Å². The molecule has 0 aromatic heterocycles. The Bertz CT molecular complexity index is 1130. The average molecular weight is 577 g/mol. The lowest BCUT2D eigenvalue weighted by molar-refractivity contribution is 0.385. The summed E-state index contributed by atoms with van der Waals surface area (Å²) in [6, 6.07) is 10.8. The number of aliphatic imine (C=N–C) groups is 1. The van der Waals surface area contributed by atoms with Gasteiger partial charge in [0.05, 0.1) is 11.4 Å². The first-order valence-corrected chi connectivity index (χ1v) is 14.0. The zero-order chi connectivity index (χ0) is 31.8. The number of terminal acetylenes is 2. The van der Waals surface area contributed by atoms with Gasteiger partial charge in [-0.25, -0.2) is 4.39 Å². The molecule has 2 aromatic carbocycles. The second-order valence-electron chi connectivity index (χ2n) is 9.43. The van der Waals surface area contributed by atoms with Gasteiger partial charge in [-0.1, -0.05) is 70.4 Å². The molecule has 0 spiro atoms. The van der Waals surface area contributed by atoms with Crippen molar-refractivity contribution < 1.29 is 4.39 Å². The summed E-state index contributed by atoms with van der Waals surface area (Å²) in [6.45, 7) is 14.4. The van der Waals surface area contributed by atoms with Gasteiger partial charge < -0.3 is 16.4 Å². The number of aryl methyl sites for hydroxylation is 1. The predicted molar refractivity (Wildman–Crippen MR) is 182 cm³/mol. The van der Waals surface area contributed by atoms with Gasteiger partial charge in [0.25, 0.3) is 0 Å². The first kappa shape index (κ1) is 39.4. The molecule has 3 rings (SSSR count). The van der Waals surface area contributed by atoms with E-state index in [-0.39, 0.29) is 5.70 Å². The molecule has 0 aliphatic heterocycles. The van der Waals surface area contributed by atoms with Gasteiger partial charge in [0, 0.05) is 34.5 Å². The van der Waals surface area contributed by atoms with E-state index < -0.39 is 5.82 Å². The molecular formula is C35H49FN4S. The molecule has 1 fully saturated rings. The van der Waals surface area contributed by atoms with E-state index in [0.29, 0.717) is 29.1 Å². The largest absolute Gasteiger partial charge is 0.397 e. The van der Waals surface area contributed by atoms with E-state index in [0.717, 1.165) is 21.9 Å². The van der Waals surface area contributed by atoms with Crippen LogP contribution in [0, 0.1) is 44.4 Å². The Morgan fingerprint density at radius 3 is 2.10 bits per heavy atom. The zero-order valence-electron chi connectivity index (χ0n) is 25.5. The Hall–Kier alpha value is -3.71. The van der Waals surface area contributed by atoms with Crippen molar-refractivity contribution >= 4 is 24.0 Å². The summed E-state index contributed by atoms with van der Waals surface area (Å²) >= 11 is 4.38. The minimum atomic E-state index is -0.404. The number of nitrogens with one attached hydrogen (secondary N) is 2. The lowest BCUT2D eigenvalue weighted by Crippen LogP contribution is -2.14. The summed E-state index contributed by atoms with van der Waals surface area (Å²) < 4.78 is 14.6. The summed E-state index contributed by atoms with van der Waals surface area (Å²) in [7, 11) is 3.75. The van der Waals surface area contributed by atoms with E-state index in [1.807, 2.05) is 40.1 Å². The molecule has 0 atom stereocenters. The Morgan fingerprint density at radius 1 is 1.07 bits per heavy atom. The molecule has 4 N–H and O–H groups in total. The zero-order valence-corrected chi connectivity index (χ0v) is 26.4. The van der Waals surface area contributed by atoms with Crippen molar-refractivity contribution in [2.75, 3.05) is 14.1 Å². The van der Waals surface area contributed by atoms with Gasteiger partial charge in [-0.05, 0) is 69.3 Å². The van der Waals surface area contributed by atoms with Gasteiger partial charge in [-0.15, -0.1) is 38.3 Å². The van der Waals surface area contributed by atoms with Crippen LogP contribution in [0.15, 0.2) is 77.4 Å². The number of nitrogens with zero attached hydrogens (tertiary/aromatic N) is 1. The fourth-order valence-electron chi connectivity index (χ4n) is 3.95. The number of hydrogen-bond acceptors (Lipinski definition) is 5. The van der Waals surface area contributed by atoms with Crippen LogP contribution in [0.4, 0.5) is 4.39 Å². The molecule has 0 bridgehead atoms. The van der Waals surface area contributed by atoms with E-state index in [2.05, 4.69) is 80.1 Å². The summed E-state index contributed by atoms with van der Waals surface area (Å²) in [5.41, 5.74) is 10.1. The minimum Gasteiger partial charge on any atom is -0.397 e. The lowest BCUT2D eigenvalue weighted by Gasteiger charge is -2.15. The van der Waals surface area contributed by atoms with E-state index in [4.69, 9.17) is 5.73 Å². The molecule has 1 aliphatic carbocycles. The molecule has 41 heavy (non-hydrogen) atoms. The summed E-state index contributed by atoms with van der Waals surface area (Å²) in [6.07, 6.45) is 26.8. The molecule has 1 aliphatic rings. The molecule has 0 amide bonds. The molecule has 0 saturated heterocycles. The maximum Gasteiger partial charge on any atom is 0.133 e. The molecule has 0 heterocycles. The Balaban J connectivity index is 0. The fourth-order valence-corrected chi connectivity index (χ4v) is 4.32. The van der Waals surface area contributed by atoms with Crippen molar-refractivity contribution in [3.8, 4) is 25.7 Å². The number of benzene rings is 2. The highest BCUT2D eigenvalue weighted by Gasteiger charge is 2.11. The van der Waals surface area contributed by atoms with Gasteiger partial charge in [-0.2, -0.15) is 0 Å². The molecule has 1 saturated carbocycles. The summed E-state index contributed by atoms with van der Waals surface area (Å²) in [5.74, 6) is 0.632. The van der Waals surface area contributed by atoms with Crippen molar-refractivity contribution in [1.82, 2.24) is 10.6 Å². The van der Waals surface area contributed by atoms with Crippen LogP contribution in [0.3, 0.4) is 0 Å². The topological polar surface area (TPSA) is 62.4 Å². The monoisotopic (exact) mass is 576 g/mol. The Morgan fingerprint density at radius 2 is 1.66 bits per heavy atom. The minimum absolute atomic E-state index is 0.277. The fraction of sp³-hybridized carbons (Fsp3) is 0.343. The maximum atomic E-state index is 14.6. The van der Waals surface area contributed by atoms with E-state index in [1.165, 1.54) is 38.2 Å². The molecular weight excluding hydrogens is 527 g/mol. The van der Waals surface area contributed by atoms with E-state index >= 15 is 0 Å². The van der Waals surface area contributed by atoms with Crippen molar-refractivity contribution in [2.24, 2.45) is 16.6 Å². The normalized spacial score (nSPS) is 12.5. The molecule has 0 radical (unpaired) electrons. The standard InChI is InChI=1S/C22H24FN3S.C7H14.C2H7N.2C2H2/c1-5-8-25-22(15(3)24)18-6-7-20(21(23)12-18)16(4)26-13-17-9-14(2)10-19(27)11-17;1-7-5-3-2-4-6-7;1-3-2;2*1-2/h5-12,26-27H,3-4,13,24H2,1-2H3;7H,2-6H2,1H3;3H,1-2H3;2*1-2H/b8-5-,25-22?;;;;. The predicted octanol–water partition coefficient (Wildman–Crippen LogP) is 7.90. The quantitative estimate of drug-likeness (QED) is 0.154. The van der Waals surface area contributed by atoms with Crippen LogP contribution in [0.2, 0.25) is 0 Å². The second-order valence-corrected chi connectivity index (χ2v) is 9.95. The molecule has 222 valence electrons. The average Bonchev–Trinajstić information content (AvgIpc) is 2.95. The van der Waals surface area contributed by atoms with Gasteiger partial charge in [0.1, 0.15) is 5.82 Å². The van der Waals surface area contributed by atoms with Gasteiger partial charge in [-0.3, -0.25) is 4.99 Å². The molecule has 0 unspecified atom stereocenters. The van der Waals surface area contributed by atoms with E-state index in [1.54, 1.807) is 24.4 Å². The summed E-state index contributed by atoms with van der Waals surface area (Å²) in [5, 5.41) is 5.91. The highest BCUT2D eigenvalue weighted by molar-refractivity contribution is 7.80. The third-order valence-electron chi connectivity index (χ3n) is 5.75. The summed E-state index contributed by atoms with van der Waals surface area (Å²) in [4.78, 5) is 5.11.